The van der Waals surface area contributed by atoms with E-state index in [1.165, 1.54) is 25.4 Å². The predicted octanol–water partition coefficient (Wildman–Crippen LogP) is 2.65. The standard InChI is InChI=1S/C20H23F3N4O3/c1-13(2)16(30-15-7-5-4-6-14(15)12-24)17(28)25-9-8-19(29,20(21,22)23)18-26-10-11-27(18)3/h4-7,10-11,13,16,29H,8-9H2,1-3H3,(H,25,28). The van der Waals surface area contributed by atoms with Gasteiger partial charge in [0.25, 0.3) is 5.91 Å². The fourth-order valence-electron chi connectivity index (χ4n) is 2.90. The van der Waals surface area contributed by atoms with Crippen LogP contribution in [0.4, 0.5) is 13.2 Å². The average molecular weight is 424 g/mol. The topological polar surface area (TPSA) is 100 Å². The highest BCUT2D eigenvalue weighted by molar-refractivity contribution is 5.81. The first-order chi connectivity index (χ1) is 14.0. The van der Waals surface area contributed by atoms with Crippen molar-refractivity contribution in [3.63, 3.8) is 0 Å². The van der Waals surface area contributed by atoms with Crippen molar-refractivity contribution in [3.05, 3.63) is 48.0 Å². The quantitative estimate of drug-likeness (QED) is 0.679. The number of alkyl halides is 3. The van der Waals surface area contributed by atoms with E-state index < -0.39 is 42.6 Å². The number of nitrogens with one attached hydrogen (secondary N) is 1. The molecule has 10 heteroatoms. The van der Waals surface area contributed by atoms with Gasteiger partial charge in [-0.25, -0.2) is 4.98 Å². The molecule has 0 saturated heterocycles. The van der Waals surface area contributed by atoms with Crippen molar-refractivity contribution >= 4 is 5.91 Å². The van der Waals surface area contributed by atoms with E-state index in [1.54, 1.807) is 26.0 Å². The third-order valence-electron chi connectivity index (χ3n) is 4.57. The number of nitrogens with zero attached hydrogens (tertiary/aromatic N) is 3. The number of aryl methyl sites for hydroxylation is 1. The number of aliphatic hydroxyl groups is 1. The number of hydrogen-bond donors (Lipinski definition) is 2. The molecule has 30 heavy (non-hydrogen) atoms. The van der Waals surface area contributed by atoms with Crippen LogP contribution >= 0.6 is 0 Å². The van der Waals surface area contributed by atoms with E-state index in [9.17, 15) is 23.1 Å². The second-order valence-corrected chi connectivity index (χ2v) is 7.15. The molecule has 2 N–H and O–H groups in total. The van der Waals surface area contributed by atoms with Crippen molar-refractivity contribution in [2.24, 2.45) is 13.0 Å². The van der Waals surface area contributed by atoms with E-state index in [4.69, 9.17) is 10.00 Å². The molecule has 7 nitrogen and oxygen atoms in total. The maximum absolute atomic E-state index is 13.6. The van der Waals surface area contributed by atoms with Crippen LogP contribution in [0.5, 0.6) is 5.75 Å². The Hall–Kier alpha value is -3.06. The number of aromatic nitrogens is 2. The van der Waals surface area contributed by atoms with Gasteiger partial charge in [-0.3, -0.25) is 4.79 Å². The normalized spacial score (nSPS) is 14.6. The number of hydrogen-bond acceptors (Lipinski definition) is 5. The molecule has 2 unspecified atom stereocenters. The molecule has 2 atom stereocenters. The minimum Gasteiger partial charge on any atom is -0.479 e. The maximum Gasteiger partial charge on any atom is 0.424 e. The molecule has 0 aliphatic carbocycles. The van der Waals surface area contributed by atoms with E-state index in [0.29, 0.717) is 0 Å². The van der Waals surface area contributed by atoms with E-state index in [2.05, 4.69) is 10.3 Å². The van der Waals surface area contributed by atoms with Crippen LogP contribution in [0.3, 0.4) is 0 Å². The Bertz CT molecular complexity index is 921. The van der Waals surface area contributed by atoms with Crippen molar-refractivity contribution in [2.75, 3.05) is 6.54 Å². The number of benzene rings is 1. The van der Waals surface area contributed by atoms with Gasteiger partial charge in [-0.15, -0.1) is 0 Å². The van der Waals surface area contributed by atoms with Gasteiger partial charge in [0.15, 0.2) is 6.10 Å². The second-order valence-electron chi connectivity index (χ2n) is 7.15. The molecule has 1 aromatic carbocycles. The molecule has 2 aromatic rings. The average Bonchev–Trinajstić information content (AvgIpc) is 3.11. The van der Waals surface area contributed by atoms with Crippen LogP contribution in [-0.4, -0.2) is 39.4 Å². The molecule has 0 aliphatic heterocycles. The summed E-state index contributed by atoms with van der Waals surface area (Å²) >= 11 is 0. The molecular formula is C20H23F3N4O3. The minimum absolute atomic E-state index is 0.202. The number of amides is 1. The molecule has 1 amide bonds. The zero-order chi connectivity index (χ0) is 22.5. The summed E-state index contributed by atoms with van der Waals surface area (Å²) < 4.78 is 47.4. The first-order valence-corrected chi connectivity index (χ1v) is 9.21. The summed E-state index contributed by atoms with van der Waals surface area (Å²) in [7, 11) is 1.34. The van der Waals surface area contributed by atoms with Crippen LogP contribution in [0.1, 0.15) is 31.7 Å². The zero-order valence-electron chi connectivity index (χ0n) is 16.8. The predicted molar refractivity (Wildman–Crippen MR) is 101 cm³/mol. The first kappa shape index (κ1) is 23.2. The van der Waals surface area contributed by atoms with Gasteiger partial charge in [0.05, 0.1) is 5.56 Å². The number of carbonyl (C=O) groups excluding carboxylic acids is 1. The van der Waals surface area contributed by atoms with Gasteiger partial charge in [0, 0.05) is 32.4 Å². The summed E-state index contributed by atoms with van der Waals surface area (Å²) in [6, 6.07) is 8.30. The Morgan fingerprint density at radius 3 is 2.57 bits per heavy atom. The molecule has 0 spiro atoms. The molecule has 0 aliphatic rings. The van der Waals surface area contributed by atoms with Crippen LogP contribution in [-0.2, 0) is 17.4 Å². The first-order valence-electron chi connectivity index (χ1n) is 9.21. The molecule has 162 valence electrons. The fraction of sp³-hybridized carbons (Fsp3) is 0.450. The Balaban J connectivity index is 2.11. The maximum atomic E-state index is 13.6. The highest BCUT2D eigenvalue weighted by atomic mass is 19.4. The van der Waals surface area contributed by atoms with E-state index >= 15 is 0 Å². The van der Waals surface area contributed by atoms with Gasteiger partial charge in [-0.05, 0) is 18.1 Å². The van der Waals surface area contributed by atoms with Gasteiger partial charge in [-0.2, -0.15) is 18.4 Å². The van der Waals surface area contributed by atoms with E-state index in [-0.39, 0.29) is 17.2 Å². The van der Waals surface area contributed by atoms with Crippen LogP contribution < -0.4 is 10.1 Å². The lowest BCUT2D eigenvalue weighted by atomic mass is 9.97. The van der Waals surface area contributed by atoms with Crippen molar-refractivity contribution < 1.29 is 27.8 Å². The smallest absolute Gasteiger partial charge is 0.424 e. The van der Waals surface area contributed by atoms with Gasteiger partial charge >= 0.3 is 6.18 Å². The molecule has 1 aromatic heterocycles. The van der Waals surface area contributed by atoms with Gasteiger partial charge < -0.3 is 19.7 Å². The van der Waals surface area contributed by atoms with Gasteiger partial charge in [-0.1, -0.05) is 26.0 Å². The van der Waals surface area contributed by atoms with Crippen molar-refractivity contribution in [2.45, 2.75) is 38.1 Å². The number of ether oxygens (including phenoxy) is 1. The summed E-state index contributed by atoms with van der Waals surface area (Å²) in [5, 5.41) is 21.9. The number of carbonyl (C=O) groups is 1. The van der Waals surface area contributed by atoms with Crippen molar-refractivity contribution in [3.8, 4) is 11.8 Å². The highest BCUT2D eigenvalue weighted by Crippen LogP contribution is 2.40. The molecular weight excluding hydrogens is 401 g/mol. The third kappa shape index (κ3) is 4.91. The number of rotatable bonds is 8. The molecule has 0 fully saturated rings. The molecule has 2 rings (SSSR count). The Morgan fingerprint density at radius 2 is 2.03 bits per heavy atom. The summed E-state index contributed by atoms with van der Waals surface area (Å²) in [4.78, 5) is 16.2. The van der Waals surface area contributed by atoms with Crippen LogP contribution in [0.25, 0.3) is 0 Å². The zero-order valence-corrected chi connectivity index (χ0v) is 16.8. The Labute approximate surface area is 172 Å². The summed E-state index contributed by atoms with van der Waals surface area (Å²) in [5.41, 5.74) is -2.99. The van der Waals surface area contributed by atoms with Crippen LogP contribution in [0.2, 0.25) is 0 Å². The number of halogens is 3. The Kier molecular flexibility index (Phi) is 7.10. The molecule has 0 saturated carbocycles. The monoisotopic (exact) mass is 424 g/mol. The lowest BCUT2D eigenvalue weighted by molar-refractivity contribution is -0.272. The minimum atomic E-state index is -4.99. The Morgan fingerprint density at radius 1 is 1.37 bits per heavy atom. The van der Waals surface area contributed by atoms with Crippen LogP contribution in [0, 0.1) is 17.2 Å². The van der Waals surface area contributed by atoms with Gasteiger partial charge in [0.1, 0.15) is 17.6 Å². The second kappa shape index (κ2) is 9.17. The third-order valence-corrected chi connectivity index (χ3v) is 4.57. The van der Waals surface area contributed by atoms with Crippen molar-refractivity contribution in [1.82, 2.24) is 14.9 Å². The fourth-order valence-corrected chi connectivity index (χ4v) is 2.90. The van der Waals surface area contributed by atoms with E-state index in [1.807, 2.05) is 6.07 Å². The lowest BCUT2D eigenvalue weighted by Gasteiger charge is -2.30. The number of para-hydroxylation sites is 1. The molecule has 0 radical (unpaired) electrons. The molecule has 0 bridgehead atoms. The largest absolute Gasteiger partial charge is 0.479 e. The number of nitriles is 1. The SMILES string of the molecule is CC(C)C(Oc1ccccc1C#N)C(=O)NCCC(O)(c1nccn1C)C(F)(F)F. The lowest BCUT2D eigenvalue weighted by Crippen LogP contribution is -2.48. The number of imidazole rings is 1. The summed E-state index contributed by atoms with van der Waals surface area (Å²) in [6.07, 6.45) is -4.41. The van der Waals surface area contributed by atoms with Crippen LogP contribution in [0.15, 0.2) is 36.7 Å². The van der Waals surface area contributed by atoms with E-state index in [0.717, 1.165) is 10.8 Å². The van der Waals surface area contributed by atoms with Gasteiger partial charge in [0.2, 0.25) is 5.60 Å². The summed E-state index contributed by atoms with van der Waals surface area (Å²) in [5.74, 6) is -1.34. The summed E-state index contributed by atoms with van der Waals surface area (Å²) in [6.45, 7) is 2.95. The highest BCUT2D eigenvalue weighted by Gasteiger charge is 2.57. The molecule has 1 heterocycles. The van der Waals surface area contributed by atoms with Crippen molar-refractivity contribution in [1.29, 1.82) is 5.26 Å².